The summed E-state index contributed by atoms with van der Waals surface area (Å²) in [5, 5.41) is 1.09. The summed E-state index contributed by atoms with van der Waals surface area (Å²) in [5.41, 5.74) is 3.02. The largest absolute Gasteiger partial charge is 0.399 e. The fourth-order valence-electron chi connectivity index (χ4n) is 2.07. The molecule has 0 aliphatic carbocycles. The maximum absolute atomic E-state index is 9.92. The zero-order chi connectivity index (χ0) is 22.5. The zero-order valence-electron chi connectivity index (χ0n) is 15.6. The number of aromatic amines is 1. The first kappa shape index (κ1) is 24.5. The predicted octanol–water partition coefficient (Wildman–Crippen LogP) is 4.06. The third-order valence-electron chi connectivity index (χ3n) is 3.39. The summed E-state index contributed by atoms with van der Waals surface area (Å²) in [6.07, 6.45) is 3.60. The molecule has 0 aromatic carbocycles. The van der Waals surface area contributed by atoms with Gasteiger partial charge in [0.15, 0.2) is 10.3 Å². The summed E-state index contributed by atoms with van der Waals surface area (Å²) in [6.45, 7) is 0. The molecule has 0 unspecified atom stereocenters. The van der Waals surface area contributed by atoms with Crippen molar-refractivity contribution < 1.29 is 16.8 Å². The van der Waals surface area contributed by atoms with Crippen LogP contribution in [-0.2, 0) is 25.8 Å². The van der Waals surface area contributed by atoms with Crippen LogP contribution in [0.3, 0.4) is 0 Å². The van der Waals surface area contributed by atoms with E-state index in [0.29, 0.717) is 10.3 Å². The molecule has 30 heavy (non-hydrogen) atoms. The number of aromatic nitrogens is 6. The summed E-state index contributed by atoms with van der Waals surface area (Å²) < 4.78 is 29.4. The van der Waals surface area contributed by atoms with E-state index in [1.165, 1.54) is 0 Å². The monoisotopic (exact) mass is 514 g/mol. The van der Waals surface area contributed by atoms with E-state index < -0.39 is 10.4 Å². The Labute approximate surface area is 191 Å². The van der Waals surface area contributed by atoms with Gasteiger partial charge in [-0.05, 0) is 35.3 Å². The minimum Gasteiger partial charge on any atom is -0.357 e. The Bertz CT molecular complexity index is 1250. The lowest BCUT2D eigenvalue weighted by molar-refractivity contribution is 0.286. The number of fused-ring (bicyclic) bond motifs is 2. The normalized spacial score (nSPS) is 11.0. The molecule has 0 radical (unpaired) electrons. The summed E-state index contributed by atoms with van der Waals surface area (Å²) in [6, 6.07) is 3.63. The predicted molar refractivity (Wildman–Crippen MR) is 115 cm³/mol. The Balaban J connectivity index is 0.000000167. The SMILES string of the molecule is COS(=O)(=O)OC.Clc1nc(Cl)c2[nH]ccc2n1.Cn1ccc2nc(Cl)nc(Cl)c21. The Morgan fingerprint density at radius 2 is 1.47 bits per heavy atom. The van der Waals surface area contributed by atoms with Gasteiger partial charge in [-0.1, -0.05) is 23.2 Å². The van der Waals surface area contributed by atoms with E-state index in [1.54, 1.807) is 12.3 Å². The standard InChI is InChI=1S/C7H5Cl2N3.C6H3Cl2N3.C2H6O4S/c1-12-3-2-4-5(12)6(8)11-7(9)10-4;7-5-4-3(1-2-9-4)10-6(8)11-5;1-5-7(3,4)6-2/h2-3H,1H3;1-2,9H;1-2H3. The molecule has 4 aromatic heterocycles. The number of aryl methyl sites for hydroxylation is 1. The lowest BCUT2D eigenvalue weighted by Crippen LogP contribution is -2.02. The number of halogens is 4. The molecule has 0 atom stereocenters. The highest BCUT2D eigenvalue weighted by Crippen LogP contribution is 2.22. The molecular weight excluding hydrogens is 502 g/mol. The van der Waals surface area contributed by atoms with Crippen molar-refractivity contribution in [3.05, 3.63) is 45.4 Å². The molecule has 4 heterocycles. The van der Waals surface area contributed by atoms with Crippen LogP contribution >= 0.6 is 46.4 Å². The van der Waals surface area contributed by atoms with Gasteiger partial charge in [-0.2, -0.15) is 8.42 Å². The third kappa shape index (κ3) is 6.38. The van der Waals surface area contributed by atoms with Gasteiger partial charge >= 0.3 is 10.4 Å². The van der Waals surface area contributed by atoms with Crippen LogP contribution < -0.4 is 0 Å². The van der Waals surface area contributed by atoms with Crippen LogP contribution in [0.1, 0.15) is 0 Å². The number of hydrogen-bond donors (Lipinski definition) is 1. The van der Waals surface area contributed by atoms with Crippen molar-refractivity contribution in [2.75, 3.05) is 14.2 Å². The fourth-order valence-corrected chi connectivity index (χ4v) is 3.18. The third-order valence-corrected chi connectivity index (χ3v) is 5.08. The molecular formula is C15H14Cl4N6O4S. The Hall–Kier alpha value is -1.73. The van der Waals surface area contributed by atoms with Crippen molar-refractivity contribution in [1.29, 1.82) is 0 Å². The molecule has 0 saturated heterocycles. The number of hydrogen-bond acceptors (Lipinski definition) is 8. The first-order valence-corrected chi connectivity index (χ1v) is 10.6. The van der Waals surface area contributed by atoms with Gasteiger partial charge in [-0.3, -0.25) is 8.37 Å². The van der Waals surface area contributed by atoms with Gasteiger partial charge in [0, 0.05) is 19.4 Å². The molecule has 0 amide bonds. The van der Waals surface area contributed by atoms with Crippen LogP contribution in [0.5, 0.6) is 0 Å². The summed E-state index contributed by atoms with van der Waals surface area (Å²) in [7, 11) is 0.276. The van der Waals surface area contributed by atoms with Crippen molar-refractivity contribution in [2.24, 2.45) is 7.05 Å². The average Bonchev–Trinajstić information content (AvgIpc) is 3.29. The van der Waals surface area contributed by atoms with E-state index in [1.807, 2.05) is 23.9 Å². The number of rotatable bonds is 2. The fraction of sp³-hybridized carbons (Fsp3) is 0.200. The van der Waals surface area contributed by atoms with Crippen LogP contribution in [-0.4, -0.2) is 52.1 Å². The second kappa shape index (κ2) is 10.5. The lowest BCUT2D eigenvalue weighted by Gasteiger charge is -1.97. The van der Waals surface area contributed by atoms with E-state index in [-0.39, 0.29) is 10.6 Å². The van der Waals surface area contributed by atoms with Gasteiger partial charge in [-0.25, -0.2) is 19.9 Å². The van der Waals surface area contributed by atoms with Crippen LogP contribution in [0.4, 0.5) is 0 Å². The average molecular weight is 516 g/mol. The van der Waals surface area contributed by atoms with Crippen molar-refractivity contribution >= 4 is 78.9 Å². The molecule has 162 valence electrons. The van der Waals surface area contributed by atoms with E-state index >= 15 is 0 Å². The maximum atomic E-state index is 9.92. The van der Waals surface area contributed by atoms with Gasteiger partial charge in [-0.15, -0.1) is 0 Å². The Morgan fingerprint density at radius 1 is 0.900 bits per heavy atom. The molecule has 0 aliphatic heterocycles. The van der Waals surface area contributed by atoms with Crippen LogP contribution in [0.2, 0.25) is 20.9 Å². The quantitative estimate of drug-likeness (QED) is 0.313. The first-order valence-electron chi connectivity index (χ1n) is 7.74. The number of nitrogens with one attached hydrogen (secondary N) is 1. The lowest BCUT2D eigenvalue weighted by atomic mass is 10.5. The van der Waals surface area contributed by atoms with Crippen molar-refractivity contribution in [3.8, 4) is 0 Å². The Morgan fingerprint density at radius 3 is 2.03 bits per heavy atom. The molecule has 0 saturated carbocycles. The van der Waals surface area contributed by atoms with Gasteiger partial charge in [0.05, 0.1) is 25.3 Å². The smallest absolute Gasteiger partial charge is 0.357 e. The number of nitrogens with zero attached hydrogens (tertiary/aromatic N) is 5. The molecule has 0 spiro atoms. The van der Waals surface area contributed by atoms with E-state index in [4.69, 9.17) is 46.4 Å². The highest BCUT2D eigenvalue weighted by Gasteiger charge is 2.07. The van der Waals surface area contributed by atoms with Crippen LogP contribution in [0, 0.1) is 0 Å². The van der Waals surface area contributed by atoms with Crippen molar-refractivity contribution in [1.82, 2.24) is 29.5 Å². The topological polar surface area (TPSA) is 125 Å². The molecule has 4 aromatic rings. The summed E-state index contributed by atoms with van der Waals surface area (Å²) in [4.78, 5) is 18.4. The maximum Gasteiger partial charge on any atom is 0.399 e. The molecule has 0 bridgehead atoms. The molecule has 0 fully saturated rings. The minimum atomic E-state index is -3.66. The zero-order valence-corrected chi connectivity index (χ0v) is 19.4. The van der Waals surface area contributed by atoms with E-state index in [9.17, 15) is 8.42 Å². The number of H-pyrrole nitrogens is 1. The van der Waals surface area contributed by atoms with Gasteiger partial charge in [0.1, 0.15) is 11.0 Å². The van der Waals surface area contributed by atoms with E-state index in [2.05, 4.69) is 33.3 Å². The van der Waals surface area contributed by atoms with Crippen molar-refractivity contribution in [3.63, 3.8) is 0 Å². The van der Waals surface area contributed by atoms with Gasteiger partial charge < -0.3 is 9.55 Å². The van der Waals surface area contributed by atoms with Crippen molar-refractivity contribution in [2.45, 2.75) is 0 Å². The molecule has 10 nitrogen and oxygen atoms in total. The highest BCUT2D eigenvalue weighted by molar-refractivity contribution is 7.81. The second-order valence-corrected chi connectivity index (χ2v) is 8.08. The first-order chi connectivity index (χ1) is 14.1. The minimum absolute atomic E-state index is 0.169. The summed E-state index contributed by atoms with van der Waals surface area (Å²) >= 11 is 22.8. The highest BCUT2D eigenvalue weighted by atomic mass is 35.5. The second-order valence-electron chi connectivity index (χ2n) is 5.21. The molecule has 0 aliphatic rings. The van der Waals surface area contributed by atoms with Gasteiger partial charge in [0.2, 0.25) is 10.6 Å². The van der Waals surface area contributed by atoms with Gasteiger partial charge in [0.25, 0.3) is 0 Å². The molecule has 1 N–H and O–H groups in total. The molecule has 15 heteroatoms. The van der Waals surface area contributed by atoms with Crippen LogP contribution in [0.15, 0.2) is 24.5 Å². The van der Waals surface area contributed by atoms with E-state index in [0.717, 1.165) is 36.3 Å². The molecule has 4 rings (SSSR count). The summed E-state index contributed by atoms with van der Waals surface area (Å²) in [5.74, 6) is 0. The Kier molecular flexibility index (Phi) is 8.62. The van der Waals surface area contributed by atoms with Crippen LogP contribution in [0.25, 0.3) is 22.1 Å².